The zero-order valence-electron chi connectivity index (χ0n) is 18.6. The number of nitrogens with one attached hydrogen (secondary N) is 3. The van der Waals surface area contributed by atoms with Gasteiger partial charge in [-0.25, -0.2) is 5.84 Å². The van der Waals surface area contributed by atoms with E-state index in [9.17, 15) is 4.79 Å². The number of para-hydroxylation sites is 1. The maximum absolute atomic E-state index is 13.9. The number of H-pyrrole nitrogens is 1. The Morgan fingerprint density at radius 3 is 2.71 bits per heavy atom. The standard InChI is InChI=1S/C24H34N4O2S/c1-3-16-9-8-10-17-18-11-14-30-24(4-2,21(18)26-20(16)17)15-19(29)23(27-22(31)28-25)12-6-5-7-13-23/h8-10,26H,3-7,11-15,25H2,1-2H3,(H2,27,28,31). The number of benzene rings is 1. The topological polar surface area (TPSA) is 92.2 Å². The number of Topliss-reactive ketones (excluding diaryl/α,β-unsaturated/α-hetero) is 1. The van der Waals surface area contributed by atoms with Crippen molar-refractivity contribution < 1.29 is 9.53 Å². The number of fused-ring (bicyclic) bond motifs is 3. The van der Waals surface area contributed by atoms with E-state index in [0.29, 0.717) is 18.1 Å². The second kappa shape index (κ2) is 8.88. The Balaban J connectivity index is 1.73. The molecule has 5 N–H and O–H groups in total. The molecule has 1 saturated carbocycles. The number of hydrogen-bond donors (Lipinski definition) is 4. The van der Waals surface area contributed by atoms with E-state index in [1.165, 1.54) is 22.0 Å². The lowest BCUT2D eigenvalue weighted by Crippen LogP contribution is -2.60. The first-order valence-electron chi connectivity index (χ1n) is 11.6. The Bertz CT molecular complexity index is 979. The summed E-state index contributed by atoms with van der Waals surface area (Å²) in [5, 5.41) is 4.85. The normalized spacial score (nSPS) is 22.7. The highest BCUT2D eigenvalue weighted by molar-refractivity contribution is 7.80. The van der Waals surface area contributed by atoms with Crippen LogP contribution in [0.4, 0.5) is 0 Å². The van der Waals surface area contributed by atoms with Gasteiger partial charge in [0.25, 0.3) is 0 Å². The van der Waals surface area contributed by atoms with E-state index in [0.717, 1.165) is 57.1 Å². The van der Waals surface area contributed by atoms with Crippen LogP contribution in [0.15, 0.2) is 18.2 Å². The van der Waals surface area contributed by atoms with Crippen molar-refractivity contribution in [2.45, 2.75) is 82.8 Å². The third-order valence-corrected chi connectivity index (χ3v) is 7.56. The average molecular weight is 443 g/mol. The van der Waals surface area contributed by atoms with E-state index in [1.807, 2.05) is 0 Å². The van der Waals surface area contributed by atoms with Crippen molar-refractivity contribution in [1.29, 1.82) is 0 Å². The molecule has 0 bridgehead atoms. The number of ketones is 1. The number of hydrazine groups is 1. The number of carbonyl (C=O) groups is 1. The molecule has 1 aliphatic heterocycles. The van der Waals surface area contributed by atoms with Gasteiger partial charge < -0.3 is 20.5 Å². The van der Waals surface area contributed by atoms with Gasteiger partial charge >= 0.3 is 0 Å². The number of aryl methyl sites for hydroxylation is 1. The van der Waals surface area contributed by atoms with E-state index < -0.39 is 11.1 Å². The number of thiocarbonyl (C=S) groups is 1. The Labute approximate surface area is 189 Å². The number of ether oxygens (including phenoxy) is 1. The number of aromatic amines is 1. The molecular formula is C24H34N4O2S. The third-order valence-electron chi connectivity index (χ3n) is 7.34. The molecule has 2 heterocycles. The Morgan fingerprint density at radius 1 is 1.26 bits per heavy atom. The maximum Gasteiger partial charge on any atom is 0.181 e. The molecule has 0 amide bonds. The third kappa shape index (κ3) is 3.88. The molecule has 4 rings (SSSR count). The van der Waals surface area contributed by atoms with Crippen LogP contribution in [0.1, 0.15) is 75.6 Å². The summed E-state index contributed by atoms with van der Waals surface area (Å²) in [4.78, 5) is 17.6. The zero-order valence-corrected chi connectivity index (χ0v) is 19.4. The molecule has 31 heavy (non-hydrogen) atoms. The molecule has 1 aromatic carbocycles. The second-order valence-electron chi connectivity index (χ2n) is 8.96. The van der Waals surface area contributed by atoms with Crippen LogP contribution in [0, 0.1) is 0 Å². The Morgan fingerprint density at radius 2 is 2.03 bits per heavy atom. The minimum Gasteiger partial charge on any atom is -0.368 e. The molecule has 1 aromatic heterocycles. The number of hydrogen-bond acceptors (Lipinski definition) is 4. The molecule has 1 aliphatic carbocycles. The first-order valence-corrected chi connectivity index (χ1v) is 12.0. The lowest BCUT2D eigenvalue weighted by molar-refractivity contribution is -0.137. The lowest BCUT2D eigenvalue weighted by atomic mass is 9.73. The van der Waals surface area contributed by atoms with Crippen LogP contribution in [0.5, 0.6) is 0 Å². The smallest absolute Gasteiger partial charge is 0.181 e. The van der Waals surface area contributed by atoms with Crippen molar-refractivity contribution in [1.82, 2.24) is 15.7 Å². The van der Waals surface area contributed by atoms with Crippen molar-refractivity contribution in [2.24, 2.45) is 5.84 Å². The summed E-state index contributed by atoms with van der Waals surface area (Å²) in [6, 6.07) is 6.49. The summed E-state index contributed by atoms with van der Waals surface area (Å²) >= 11 is 5.29. The van der Waals surface area contributed by atoms with E-state index in [2.05, 4.69) is 47.8 Å². The summed E-state index contributed by atoms with van der Waals surface area (Å²) in [5.74, 6) is 5.68. The predicted octanol–water partition coefficient (Wildman–Crippen LogP) is 3.91. The molecule has 0 spiro atoms. The minimum atomic E-state index is -0.675. The van der Waals surface area contributed by atoms with E-state index in [-0.39, 0.29) is 5.78 Å². The van der Waals surface area contributed by atoms with Gasteiger partial charge in [-0.2, -0.15) is 0 Å². The van der Waals surface area contributed by atoms with Gasteiger partial charge in [-0.05, 0) is 55.4 Å². The fraction of sp³-hybridized carbons (Fsp3) is 0.583. The number of aromatic nitrogens is 1. The Hall–Kier alpha value is -1.96. The van der Waals surface area contributed by atoms with Gasteiger partial charge in [0.15, 0.2) is 10.9 Å². The number of rotatable bonds is 6. The molecule has 0 saturated heterocycles. The fourth-order valence-electron chi connectivity index (χ4n) is 5.55. The van der Waals surface area contributed by atoms with Crippen LogP contribution in [-0.2, 0) is 28.0 Å². The molecule has 2 aliphatic rings. The molecule has 2 aromatic rings. The van der Waals surface area contributed by atoms with Gasteiger partial charge in [0.05, 0.1) is 17.8 Å². The summed E-state index contributed by atoms with van der Waals surface area (Å²) in [5.41, 5.74) is 6.05. The maximum atomic E-state index is 13.9. The average Bonchev–Trinajstić information content (AvgIpc) is 3.19. The van der Waals surface area contributed by atoms with Crippen LogP contribution in [0.3, 0.4) is 0 Å². The van der Waals surface area contributed by atoms with Gasteiger partial charge in [0.1, 0.15) is 5.60 Å². The Kier molecular flexibility index (Phi) is 6.37. The molecule has 1 atom stereocenters. The summed E-state index contributed by atoms with van der Waals surface area (Å²) < 4.78 is 6.43. The van der Waals surface area contributed by atoms with Crippen LogP contribution < -0.4 is 16.6 Å². The second-order valence-corrected chi connectivity index (χ2v) is 9.37. The van der Waals surface area contributed by atoms with Crippen molar-refractivity contribution in [3.8, 4) is 0 Å². The highest BCUT2D eigenvalue weighted by atomic mass is 32.1. The highest BCUT2D eigenvalue weighted by Gasteiger charge is 2.47. The summed E-state index contributed by atoms with van der Waals surface area (Å²) in [6.45, 7) is 4.91. The van der Waals surface area contributed by atoms with Gasteiger partial charge in [-0.3, -0.25) is 4.79 Å². The summed E-state index contributed by atoms with van der Waals surface area (Å²) in [7, 11) is 0. The van der Waals surface area contributed by atoms with Gasteiger partial charge in [0.2, 0.25) is 0 Å². The monoisotopic (exact) mass is 442 g/mol. The fourth-order valence-corrected chi connectivity index (χ4v) is 5.75. The molecule has 6 nitrogen and oxygen atoms in total. The first-order chi connectivity index (χ1) is 15.0. The largest absolute Gasteiger partial charge is 0.368 e. The zero-order chi connectivity index (χ0) is 22.1. The van der Waals surface area contributed by atoms with Crippen molar-refractivity contribution in [3.05, 3.63) is 35.0 Å². The lowest BCUT2D eigenvalue weighted by Gasteiger charge is -2.42. The highest BCUT2D eigenvalue weighted by Crippen LogP contribution is 2.44. The molecule has 1 unspecified atom stereocenters. The van der Waals surface area contributed by atoms with E-state index in [4.69, 9.17) is 22.8 Å². The number of carbonyl (C=O) groups excluding carboxylic acids is 1. The van der Waals surface area contributed by atoms with E-state index in [1.54, 1.807) is 0 Å². The van der Waals surface area contributed by atoms with Crippen molar-refractivity contribution in [2.75, 3.05) is 6.61 Å². The SMILES string of the molecule is CCc1cccc2c3c([nH]c12)C(CC)(CC(=O)C1(NC(=S)NN)CCCCC1)OCC3. The van der Waals surface area contributed by atoms with Crippen LogP contribution in [-0.4, -0.2) is 28.0 Å². The predicted molar refractivity (Wildman–Crippen MR) is 128 cm³/mol. The minimum absolute atomic E-state index is 0.161. The van der Waals surface area contributed by atoms with Crippen molar-refractivity contribution >= 4 is 34.0 Å². The van der Waals surface area contributed by atoms with E-state index >= 15 is 0 Å². The van der Waals surface area contributed by atoms with Gasteiger partial charge in [0, 0.05) is 17.3 Å². The van der Waals surface area contributed by atoms with Crippen molar-refractivity contribution in [3.63, 3.8) is 0 Å². The van der Waals surface area contributed by atoms with Crippen LogP contribution >= 0.6 is 12.2 Å². The van der Waals surface area contributed by atoms with Gasteiger partial charge in [-0.1, -0.05) is 51.3 Å². The van der Waals surface area contributed by atoms with Crippen LogP contribution in [0.2, 0.25) is 0 Å². The van der Waals surface area contributed by atoms with Crippen LogP contribution in [0.25, 0.3) is 10.9 Å². The molecule has 168 valence electrons. The molecule has 7 heteroatoms. The number of nitrogens with two attached hydrogens (primary N) is 1. The quantitative estimate of drug-likeness (QED) is 0.308. The van der Waals surface area contributed by atoms with Gasteiger partial charge in [-0.15, -0.1) is 0 Å². The first kappa shape index (κ1) is 22.2. The molecular weight excluding hydrogens is 408 g/mol. The summed E-state index contributed by atoms with van der Waals surface area (Å²) in [6.07, 6.45) is 7.57. The molecule has 0 radical (unpaired) electrons. The molecule has 1 fully saturated rings.